The SMILES string of the molecule is Cc1nc(-c2ccc(F)c(F)c2OCOCN)cs1. The van der Waals surface area contributed by atoms with Gasteiger partial charge < -0.3 is 15.2 Å². The Morgan fingerprint density at radius 1 is 1.37 bits per heavy atom. The Balaban J connectivity index is 2.39. The van der Waals surface area contributed by atoms with Gasteiger partial charge in [-0.05, 0) is 19.1 Å². The van der Waals surface area contributed by atoms with Crippen LogP contribution in [0, 0.1) is 18.6 Å². The van der Waals surface area contributed by atoms with E-state index in [2.05, 4.69) is 4.98 Å². The molecule has 2 N–H and O–H groups in total. The molecule has 0 atom stereocenters. The predicted octanol–water partition coefficient (Wildman–Crippen LogP) is 2.67. The summed E-state index contributed by atoms with van der Waals surface area (Å²) in [6.07, 6.45) is 0. The maximum Gasteiger partial charge on any atom is 0.201 e. The standard InChI is InChI=1S/C12H12F2N2O2S/c1-7-16-10(4-19-7)8-2-3-9(13)11(14)12(8)18-6-17-5-15/h2-4H,5-6,15H2,1H3. The van der Waals surface area contributed by atoms with Gasteiger partial charge in [0.15, 0.2) is 18.4 Å². The number of hydrogen-bond donors (Lipinski definition) is 1. The summed E-state index contributed by atoms with van der Waals surface area (Å²) in [6, 6.07) is 2.46. The molecule has 2 aromatic rings. The fourth-order valence-electron chi connectivity index (χ4n) is 1.51. The second kappa shape index (κ2) is 6.05. The molecule has 4 nitrogen and oxygen atoms in total. The van der Waals surface area contributed by atoms with Gasteiger partial charge in [0.2, 0.25) is 5.82 Å². The van der Waals surface area contributed by atoms with Crippen LogP contribution in [0.2, 0.25) is 0 Å². The van der Waals surface area contributed by atoms with Crippen LogP contribution >= 0.6 is 11.3 Å². The zero-order valence-corrected chi connectivity index (χ0v) is 11.0. The predicted molar refractivity (Wildman–Crippen MR) is 67.8 cm³/mol. The summed E-state index contributed by atoms with van der Waals surface area (Å²) in [5.74, 6) is -2.28. The summed E-state index contributed by atoms with van der Waals surface area (Å²) >= 11 is 1.41. The lowest BCUT2D eigenvalue weighted by Crippen LogP contribution is -2.11. The molecule has 102 valence electrons. The topological polar surface area (TPSA) is 57.4 Å². The van der Waals surface area contributed by atoms with E-state index in [0.29, 0.717) is 11.3 Å². The Morgan fingerprint density at radius 3 is 2.79 bits per heavy atom. The second-order valence-corrected chi connectivity index (χ2v) is 4.69. The van der Waals surface area contributed by atoms with Gasteiger partial charge in [0, 0.05) is 10.9 Å². The molecular formula is C12H12F2N2O2S. The van der Waals surface area contributed by atoms with Crippen molar-refractivity contribution in [2.75, 3.05) is 13.5 Å². The first-order chi connectivity index (χ1) is 9.13. The van der Waals surface area contributed by atoms with Gasteiger partial charge in [-0.3, -0.25) is 0 Å². The minimum Gasteiger partial charge on any atom is -0.464 e. The van der Waals surface area contributed by atoms with Crippen molar-refractivity contribution in [2.24, 2.45) is 5.73 Å². The van der Waals surface area contributed by atoms with E-state index in [9.17, 15) is 8.78 Å². The molecule has 0 unspecified atom stereocenters. The summed E-state index contributed by atoms with van der Waals surface area (Å²) in [7, 11) is 0. The van der Waals surface area contributed by atoms with E-state index in [1.165, 1.54) is 17.4 Å². The van der Waals surface area contributed by atoms with Crippen molar-refractivity contribution in [3.63, 3.8) is 0 Å². The molecule has 1 aromatic carbocycles. The van der Waals surface area contributed by atoms with Crippen LogP contribution in [0.25, 0.3) is 11.3 Å². The number of aryl methyl sites for hydroxylation is 1. The summed E-state index contributed by atoms with van der Waals surface area (Å²) < 4.78 is 36.9. The molecule has 0 aliphatic heterocycles. The first kappa shape index (κ1) is 13.9. The average Bonchev–Trinajstić information content (AvgIpc) is 2.81. The van der Waals surface area contributed by atoms with Crippen LogP contribution in [0.15, 0.2) is 17.5 Å². The first-order valence-corrected chi connectivity index (χ1v) is 6.32. The fourth-order valence-corrected chi connectivity index (χ4v) is 2.12. The van der Waals surface area contributed by atoms with Crippen molar-refractivity contribution < 1.29 is 18.3 Å². The highest BCUT2D eigenvalue weighted by Gasteiger charge is 2.18. The van der Waals surface area contributed by atoms with Gasteiger partial charge in [0.05, 0.1) is 17.4 Å². The highest BCUT2D eigenvalue weighted by Crippen LogP contribution is 2.34. The number of hydrogen-bond acceptors (Lipinski definition) is 5. The van der Waals surface area contributed by atoms with Gasteiger partial charge in [-0.1, -0.05) is 0 Å². The molecule has 0 aliphatic carbocycles. The van der Waals surface area contributed by atoms with Gasteiger partial charge in [-0.2, -0.15) is 4.39 Å². The molecule has 19 heavy (non-hydrogen) atoms. The summed E-state index contributed by atoms with van der Waals surface area (Å²) in [5, 5.41) is 2.57. The zero-order chi connectivity index (χ0) is 13.8. The van der Waals surface area contributed by atoms with Gasteiger partial charge in [-0.15, -0.1) is 11.3 Å². The number of thiazole rings is 1. The van der Waals surface area contributed by atoms with E-state index in [4.69, 9.17) is 15.2 Å². The number of rotatable bonds is 5. The maximum atomic E-state index is 13.8. The number of nitrogens with zero attached hydrogens (tertiary/aromatic N) is 1. The molecule has 1 heterocycles. The third-order valence-corrected chi connectivity index (χ3v) is 3.12. The number of aromatic nitrogens is 1. The zero-order valence-electron chi connectivity index (χ0n) is 10.2. The number of nitrogens with two attached hydrogens (primary N) is 1. The fraction of sp³-hybridized carbons (Fsp3) is 0.250. The molecule has 0 amide bonds. The van der Waals surface area contributed by atoms with Crippen molar-refractivity contribution in [1.29, 1.82) is 0 Å². The van der Waals surface area contributed by atoms with Crippen molar-refractivity contribution in [1.82, 2.24) is 4.98 Å². The van der Waals surface area contributed by atoms with E-state index < -0.39 is 11.6 Å². The first-order valence-electron chi connectivity index (χ1n) is 5.44. The molecule has 0 aliphatic rings. The minimum atomic E-state index is -1.07. The van der Waals surface area contributed by atoms with Crippen LogP contribution in [0.5, 0.6) is 5.75 Å². The average molecular weight is 286 g/mol. The van der Waals surface area contributed by atoms with Gasteiger partial charge in [0.1, 0.15) is 0 Å². The van der Waals surface area contributed by atoms with Crippen molar-refractivity contribution in [3.05, 3.63) is 34.2 Å². The van der Waals surface area contributed by atoms with E-state index in [1.54, 1.807) is 5.38 Å². The van der Waals surface area contributed by atoms with Crippen LogP contribution in [0.1, 0.15) is 5.01 Å². The van der Waals surface area contributed by atoms with Crippen LogP contribution in [-0.2, 0) is 4.74 Å². The highest BCUT2D eigenvalue weighted by molar-refractivity contribution is 7.09. The number of halogens is 2. The third kappa shape index (κ3) is 3.06. The number of benzene rings is 1. The monoisotopic (exact) mass is 286 g/mol. The van der Waals surface area contributed by atoms with Gasteiger partial charge >= 0.3 is 0 Å². The highest BCUT2D eigenvalue weighted by atomic mass is 32.1. The van der Waals surface area contributed by atoms with Gasteiger partial charge in [0.25, 0.3) is 0 Å². The molecule has 7 heteroatoms. The van der Waals surface area contributed by atoms with Crippen LogP contribution in [-0.4, -0.2) is 18.5 Å². The minimum absolute atomic E-state index is 0.0674. The van der Waals surface area contributed by atoms with Crippen molar-refractivity contribution in [3.8, 4) is 17.0 Å². The molecule has 0 radical (unpaired) electrons. The summed E-state index contributed by atoms with van der Waals surface area (Å²) in [4.78, 5) is 4.22. The Kier molecular flexibility index (Phi) is 4.41. The lowest BCUT2D eigenvalue weighted by molar-refractivity contribution is 0.0165. The van der Waals surface area contributed by atoms with E-state index in [-0.39, 0.29) is 19.3 Å². The number of ether oxygens (including phenoxy) is 2. The summed E-state index contributed by atoms with van der Waals surface area (Å²) in [5.41, 5.74) is 6.04. The van der Waals surface area contributed by atoms with Crippen LogP contribution in [0.3, 0.4) is 0 Å². The molecule has 1 aromatic heterocycles. The normalized spacial score (nSPS) is 10.7. The van der Waals surface area contributed by atoms with Crippen LogP contribution < -0.4 is 10.5 Å². The Hall–Kier alpha value is -1.57. The molecule has 0 fully saturated rings. The Morgan fingerprint density at radius 2 is 2.16 bits per heavy atom. The lowest BCUT2D eigenvalue weighted by Gasteiger charge is -2.11. The maximum absolute atomic E-state index is 13.8. The van der Waals surface area contributed by atoms with Crippen molar-refractivity contribution in [2.45, 2.75) is 6.92 Å². The van der Waals surface area contributed by atoms with Crippen LogP contribution in [0.4, 0.5) is 8.78 Å². The molecule has 2 rings (SSSR count). The molecular weight excluding hydrogens is 274 g/mol. The van der Waals surface area contributed by atoms with Gasteiger partial charge in [-0.25, -0.2) is 9.37 Å². The van der Waals surface area contributed by atoms with Crippen molar-refractivity contribution >= 4 is 11.3 Å². The van der Waals surface area contributed by atoms with E-state index >= 15 is 0 Å². The van der Waals surface area contributed by atoms with E-state index in [1.807, 2.05) is 6.92 Å². The Bertz CT molecular complexity index is 575. The Labute approximate surface area is 112 Å². The molecule has 0 saturated carbocycles. The van der Waals surface area contributed by atoms with E-state index in [0.717, 1.165) is 11.1 Å². The quantitative estimate of drug-likeness (QED) is 0.678. The summed E-state index contributed by atoms with van der Waals surface area (Å²) in [6.45, 7) is 1.50. The molecule has 0 spiro atoms. The third-order valence-electron chi connectivity index (χ3n) is 2.35. The lowest BCUT2D eigenvalue weighted by atomic mass is 10.1. The second-order valence-electron chi connectivity index (χ2n) is 3.62. The molecule has 0 saturated heterocycles. The smallest absolute Gasteiger partial charge is 0.201 e. The largest absolute Gasteiger partial charge is 0.464 e. The molecule has 0 bridgehead atoms.